The number of pyridine rings is 1. The van der Waals surface area contributed by atoms with Crippen molar-refractivity contribution in [3.63, 3.8) is 0 Å². The zero-order chi connectivity index (χ0) is 21.1. The number of nitrogens with zero attached hydrogens (tertiary/aromatic N) is 5. The van der Waals surface area contributed by atoms with Gasteiger partial charge in [0, 0.05) is 62.8 Å². The van der Waals surface area contributed by atoms with E-state index in [1.807, 2.05) is 26.0 Å². The van der Waals surface area contributed by atoms with Gasteiger partial charge in [-0.2, -0.15) is 0 Å². The number of carbonyl (C=O) groups is 1. The number of anilines is 1. The summed E-state index contributed by atoms with van der Waals surface area (Å²) in [6, 6.07) is 4.22. The molecular formula is C21H30N6O2. The van der Waals surface area contributed by atoms with E-state index in [0.717, 1.165) is 48.0 Å². The van der Waals surface area contributed by atoms with Crippen molar-refractivity contribution >= 4 is 11.7 Å². The van der Waals surface area contributed by atoms with Crippen molar-refractivity contribution in [2.45, 2.75) is 39.3 Å². The van der Waals surface area contributed by atoms with Gasteiger partial charge in [-0.25, -0.2) is 9.97 Å². The fourth-order valence-electron chi connectivity index (χ4n) is 3.54. The van der Waals surface area contributed by atoms with E-state index in [1.165, 1.54) is 4.90 Å². The Morgan fingerprint density at radius 2 is 2.10 bits per heavy atom. The van der Waals surface area contributed by atoms with Crippen molar-refractivity contribution in [2.24, 2.45) is 0 Å². The van der Waals surface area contributed by atoms with Gasteiger partial charge in [-0.1, -0.05) is 0 Å². The van der Waals surface area contributed by atoms with Gasteiger partial charge in [0.25, 0.3) is 5.91 Å². The molecule has 1 saturated heterocycles. The molecule has 0 saturated carbocycles. The molecule has 156 valence electrons. The van der Waals surface area contributed by atoms with Gasteiger partial charge in [-0.05, 0) is 33.3 Å². The van der Waals surface area contributed by atoms with Gasteiger partial charge in [0.15, 0.2) is 0 Å². The predicted octanol–water partition coefficient (Wildman–Crippen LogP) is 2.13. The maximum atomic E-state index is 12.3. The third-order valence-corrected chi connectivity index (χ3v) is 5.37. The molecule has 1 N–H and O–H groups in total. The molecule has 1 amide bonds. The molecule has 0 bridgehead atoms. The highest BCUT2D eigenvalue weighted by atomic mass is 16.5. The zero-order valence-corrected chi connectivity index (χ0v) is 18.1. The average molecular weight is 399 g/mol. The van der Waals surface area contributed by atoms with Crippen LogP contribution >= 0.6 is 0 Å². The normalized spacial score (nSPS) is 17.3. The average Bonchev–Trinajstić information content (AvgIpc) is 3.17. The first-order valence-corrected chi connectivity index (χ1v) is 9.88. The second kappa shape index (κ2) is 8.73. The number of aryl methyl sites for hydroxylation is 1. The number of amides is 1. The van der Waals surface area contributed by atoms with Crippen LogP contribution in [0.15, 0.2) is 18.3 Å². The van der Waals surface area contributed by atoms with Crippen LogP contribution in [0.5, 0.6) is 5.75 Å². The molecule has 3 rings (SSSR count). The molecule has 1 aliphatic heterocycles. The third-order valence-electron chi connectivity index (χ3n) is 5.37. The van der Waals surface area contributed by atoms with E-state index in [-0.39, 0.29) is 17.8 Å². The molecule has 2 aromatic rings. The van der Waals surface area contributed by atoms with Gasteiger partial charge in [-0.3, -0.25) is 9.78 Å². The largest absolute Gasteiger partial charge is 0.497 e. The first kappa shape index (κ1) is 21.0. The maximum Gasteiger partial charge on any atom is 0.291 e. The summed E-state index contributed by atoms with van der Waals surface area (Å²) >= 11 is 0. The highest BCUT2D eigenvalue weighted by Gasteiger charge is 2.28. The standard InChI is InChI=1S/C21H30N6O2/c1-13-14(2)24-19(21(28)26(4)5)25-20(13)27-10-8-16(12-27)23-15(3)18-11-17(29-6)7-9-22-18/h7,9,11,15-16,23H,8,10,12H2,1-6H3/t15?,16-/m1/s1. The van der Waals surface area contributed by atoms with Crippen molar-refractivity contribution in [2.75, 3.05) is 39.2 Å². The van der Waals surface area contributed by atoms with Crippen LogP contribution in [0.2, 0.25) is 0 Å². The van der Waals surface area contributed by atoms with E-state index in [9.17, 15) is 4.79 Å². The number of hydrogen-bond acceptors (Lipinski definition) is 7. The molecule has 8 nitrogen and oxygen atoms in total. The second-order valence-corrected chi connectivity index (χ2v) is 7.72. The Labute approximate surface area is 172 Å². The number of rotatable bonds is 6. The van der Waals surface area contributed by atoms with Crippen LogP contribution in [0.1, 0.15) is 47.0 Å². The topological polar surface area (TPSA) is 83.5 Å². The van der Waals surface area contributed by atoms with Crippen molar-refractivity contribution in [1.29, 1.82) is 0 Å². The lowest BCUT2D eigenvalue weighted by Gasteiger charge is -2.23. The maximum absolute atomic E-state index is 12.3. The smallest absolute Gasteiger partial charge is 0.291 e. The Morgan fingerprint density at radius 3 is 2.79 bits per heavy atom. The molecule has 2 aromatic heterocycles. The molecule has 0 aliphatic carbocycles. The molecule has 0 radical (unpaired) electrons. The van der Waals surface area contributed by atoms with Gasteiger partial charge in [-0.15, -0.1) is 0 Å². The van der Waals surface area contributed by atoms with Crippen LogP contribution in [0.3, 0.4) is 0 Å². The summed E-state index contributed by atoms with van der Waals surface area (Å²) in [7, 11) is 5.09. The number of nitrogens with one attached hydrogen (secondary N) is 1. The quantitative estimate of drug-likeness (QED) is 0.798. The van der Waals surface area contributed by atoms with E-state index < -0.39 is 0 Å². The van der Waals surface area contributed by atoms with Crippen LogP contribution < -0.4 is 15.0 Å². The van der Waals surface area contributed by atoms with Crippen molar-refractivity contribution in [3.05, 3.63) is 41.1 Å². The predicted molar refractivity (Wildman–Crippen MR) is 112 cm³/mol. The first-order valence-electron chi connectivity index (χ1n) is 9.88. The van der Waals surface area contributed by atoms with E-state index >= 15 is 0 Å². The van der Waals surface area contributed by atoms with Crippen LogP contribution in [0.25, 0.3) is 0 Å². The molecule has 8 heteroatoms. The summed E-state index contributed by atoms with van der Waals surface area (Å²) in [6.07, 6.45) is 2.76. The van der Waals surface area contributed by atoms with Crippen molar-refractivity contribution in [1.82, 2.24) is 25.2 Å². The van der Waals surface area contributed by atoms with Gasteiger partial charge < -0.3 is 19.9 Å². The Kier molecular flexibility index (Phi) is 6.32. The summed E-state index contributed by atoms with van der Waals surface area (Å²) in [5.74, 6) is 1.72. The minimum Gasteiger partial charge on any atom is -0.497 e. The van der Waals surface area contributed by atoms with E-state index in [2.05, 4.69) is 32.1 Å². The first-order chi connectivity index (χ1) is 13.8. The lowest BCUT2D eigenvalue weighted by molar-refractivity contribution is 0.0815. The highest BCUT2D eigenvalue weighted by molar-refractivity contribution is 5.90. The fraction of sp³-hybridized carbons (Fsp3) is 0.524. The number of ether oxygens (including phenoxy) is 1. The lowest BCUT2D eigenvalue weighted by Crippen LogP contribution is -2.35. The Bertz CT molecular complexity index is 885. The number of aromatic nitrogens is 3. The minimum absolute atomic E-state index is 0.106. The number of methoxy groups -OCH3 is 1. The Hall–Kier alpha value is -2.74. The van der Waals surface area contributed by atoms with Gasteiger partial charge in [0.05, 0.1) is 12.8 Å². The van der Waals surface area contributed by atoms with Crippen molar-refractivity contribution in [3.8, 4) is 5.75 Å². The summed E-state index contributed by atoms with van der Waals surface area (Å²) in [4.78, 5) is 29.5. The zero-order valence-electron chi connectivity index (χ0n) is 18.1. The summed E-state index contributed by atoms with van der Waals surface area (Å²) in [5, 5.41) is 3.66. The van der Waals surface area contributed by atoms with E-state index in [4.69, 9.17) is 4.74 Å². The molecule has 1 unspecified atom stereocenters. The second-order valence-electron chi connectivity index (χ2n) is 7.72. The lowest BCUT2D eigenvalue weighted by atomic mass is 10.1. The molecule has 1 aliphatic rings. The van der Waals surface area contributed by atoms with Gasteiger partial charge in [0.2, 0.25) is 5.82 Å². The van der Waals surface area contributed by atoms with Crippen LogP contribution in [0.4, 0.5) is 5.82 Å². The number of carbonyl (C=O) groups excluding carboxylic acids is 1. The summed E-state index contributed by atoms with van der Waals surface area (Å²) < 4.78 is 5.30. The van der Waals surface area contributed by atoms with Gasteiger partial charge in [0.1, 0.15) is 11.6 Å². The molecule has 2 atom stereocenters. The Balaban J connectivity index is 1.72. The molecular weight excluding hydrogens is 368 g/mol. The molecule has 29 heavy (non-hydrogen) atoms. The molecule has 3 heterocycles. The Morgan fingerprint density at radius 1 is 1.34 bits per heavy atom. The van der Waals surface area contributed by atoms with Crippen LogP contribution in [-0.4, -0.2) is 66.1 Å². The van der Waals surface area contributed by atoms with Crippen LogP contribution in [0, 0.1) is 13.8 Å². The fourth-order valence-corrected chi connectivity index (χ4v) is 3.54. The van der Waals surface area contributed by atoms with Crippen molar-refractivity contribution < 1.29 is 9.53 Å². The van der Waals surface area contributed by atoms with Crippen LogP contribution in [-0.2, 0) is 0 Å². The molecule has 1 fully saturated rings. The van der Waals surface area contributed by atoms with E-state index in [0.29, 0.717) is 6.04 Å². The SMILES string of the molecule is COc1ccnc(C(C)N[C@@H]2CCN(c3nc(C(=O)N(C)C)nc(C)c3C)C2)c1. The van der Waals surface area contributed by atoms with Gasteiger partial charge >= 0.3 is 0 Å². The third kappa shape index (κ3) is 4.64. The molecule has 0 spiro atoms. The summed E-state index contributed by atoms with van der Waals surface area (Å²) in [6.45, 7) is 7.75. The highest BCUT2D eigenvalue weighted by Crippen LogP contribution is 2.25. The van der Waals surface area contributed by atoms with E-state index in [1.54, 1.807) is 27.4 Å². The molecule has 0 aromatic carbocycles. The monoisotopic (exact) mass is 398 g/mol. The minimum atomic E-state index is -0.180. The summed E-state index contributed by atoms with van der Waals surface area (Å²) in [5.41, 5.74) is 2.81. The number of hydrogen-bond donors (Lipinski definition) is 1.